The molecule has 0 spiro atoms. The third kappa shape index (κ3) is 4.18. The standard InChI is InChI=1S/C11H13BrFNO2/c1-7(2)6-14-11(15)16-10-4-3-8(12)5-9(10)13/h3-5,7H,6H2,1-2H3,(H,14,15). The van der Waals surface area contributed by atoms with Crippen molar-refractivity contribution in [1.29, 1.82) is 0 Å². The summed E-state index contributed by atoms with van der Waals surface area (Å²) in [5, 5.41) is 2.53. The molecule has 1 amide bonds. The van der Waals surface area contributed by atoms with Gasteiger partial charge in [0.2, 0.25) is 0 Å². The molecule has 0 saturated carbocycles. The van der Waals surface area contributed by atoms with Crippen molar-refractivity contribution in [3.8, 4) is 5.75 Å². The van der Waals surface area contributed by atoms with E-state index in [0.717, 1.165) is 0 Å². The first kappa shape index (κ1) is 13.0. The van der Waals surface area contributed by atoms with E-state index in [0.29, 0.717) is 16.9 Å². The molecule has 0 aliphatic rings. The molecule has 3 nitrogen and oxygen atoms in total. The number of carbonyl (C=O) groups is 1. The highest BCUT2D eigenvalue weighted by molar-refractivity contribution is 9.10. The SMILES string of the molecule is CC(C)CNC(=O)Oc1ccc(Br)cc1F. The number of amides is 1. The maximum atomic E-state index is 13.3. The molecule has 1 rings (SSSR count). The largest absolute Gasteiger partial charge is 0.412 e. The van der Waals surface area contributed by atoms with Crippen LogP contribution in [0.5, 0.6) is 5.75 Å². The van der Waals surface area contributed by atoms with E-state index < -0.39 is 11.9 Å². The molecule has 0 aromatic heterocycles. The van der Waals surface area contributed by atoms with Gasteiger partial charge in [0.15, 0.2) is 11.6 Å². The summed E-state index contributed by atoms with van der Waals surface area (Å²) in [7, 11) is 0. The monoisotopic (exact) mass is 289 g/mol. The lowest BCUT2D eigenvalue weighted by Gasteiger charge is -2.08. The predicted molar refractivity (Wildman–Crippen MR) is 63.0 cm³/mol. The normalized spacial score (nSPS) is 10.3. The molecule has 0 atom stereocenters. The first-order valence-electron chi connectivity index (χ1n) is 4.89. The van der Waals surface area contributed by atoms with Crippen molar-refractivity contribution < 1.29 is 13.9 Å². The molecule has 0 saturated heterocycles. The van der Waals surface area contributed by atoms with Gasteiger partial charge in [-0.1, -0.05) is 29.8 Å². The van der Waals surface area contributed by atoms with Crippen molar-refractivity contribution in [2.75, 3.05) is 6.54 Å². The Morgan fingerprint density at radius 1 is 1.56 bits per heavy atom. The Hall–Kier alpha value is -1.10. The highest BCUT2D eigenvalue weighted by atomic mass is 79.9. The Balaban J connectivity index is 2.56. The summed E-state index contributed by atoms with van der Waals surface area (Å²) in [6.45, 7) is 4.41. The molecular formula is C11H13BrFNO2. The summed E-state index contributed by atoms with van der Waals surface area (Å²) in [4.78, 5) is 11.2. The van der Waals surface area contributed by atoms with Crippen LogP contribution in [0, 0.1) is 11.7 Å². The minimum Gasteiger partial charge on any atom is -0.407 e. The average Bonchev–Trinajstić information content (AvgIpc) is 2.19. The van der Waals surface area contributed by atoms with Gasteiger partial charge in [-0.05, 0) is 24.1 Å². The molecule has 5 heteroatoms. The second-order valence-corrected chi connectivity index (χ2v) is 4.65. The Bertz CT molecular complexity index is 382. The van der Waals surface area contributed by atoms with E-state index in [2.05, 4.69) is 21.2 Å². The van der Waals surface area contributed by atoms with Crippen molar-refractivity contribution in [2.45, 2.75) is 13.8 Å². The van der Waals surface area contributed by atoms with E-state index in [1.807, 2.05) is 13.8 Å². The fourth-order valence-corrected chi connectivity index (χ4v) is 1.31. The number of ether oxygens (including phenoxy) is 1. The minimum absolute atomic E-state index is 0.0792. The van der Waals surface area contributed by atoms with Gasteiger partial charge in [-0.2, -0.15) is 0 Å². The molecule has 1 aromatic rings. The molecule has 1 aromatic carbocycles. The molecule has 1 N–H and O–H groups in total. The quantitative estimate of drug-likeness (QED) is 0.927. The second kappa shape index (κ2) is 5.84. The summed E-state index contributed by atoms with van der Waals surface area (Å²) < 4.78 is 18.7. The summed E-state index contributed by atoms with van der Waals surface area (Å²) in [6.07, 6.45) is -0.644. The number of halogens is 2. The first-order chi connectivity index (χ1) is 7.49. The van der Waals surface area contributed by atoms with Crippen LogP contribution in [0.2, 0.25) is 0 Å². The smallest absolute Gasteiger partial charge is 0.407 e. The van der Waals surface area contributed by atoms with Crippen molar-refractivity contribution in [1.82, 2.24) is 5.32 Å². The van der Waals surface area contributed by atoms with Gasteiger partial charge in [-0.15, -0.1) is 0 Å². The summed E-state index contributed by atoms with van der Waals surface area (Å²) in [5.74, 6) is -0.333. The van der Waals surface area contributed by atoms with E-state index in [4.69, 9.17) is 4.74 Å². The molecule has 0 unspecified atom stereocenters. The van der Waals surface area contributed by atoms with Gasteiger partial charge in [0.25, 0.3) is 0 Å². The van der Waals surface area contributed by atoms with Gasteiger partial charge in [-0.25, -0.2) is 9.18 Å². The van der Waals surface area contributed by atoms with Crippen LogP contribution in [0.3, 0.4) is 0 Å². The zero-order valence-electron chi connectivity index (χ0n) is 9.09. The molecule has 0 radical (unpaired) electrons. The van der Waals surface area contributed by atoms with Crippen molar-refractivity contribution in [2.24, 2.45) is 5.92 Å². The average molecular weight is 290 g/mol. The molecule has 0 bridgehead atoms. The van der Waals surface area contributed by atoms with Crippen LogP contribution >= 0.6 is 15.9 Å². The molecular weight excluding hydrogens is 277 g/mol. The van der Waals surface area contributed by atoms with Crippen LogP contribution in [0.25, 0.3) is 0 Å². The summed E-state index contributed by atoms with van der Waals surface area (Å²) in [5.41, 5.74) is 0. The van der Waals surface area contributed by atoms with Crippen LogP contribution < -0.4 is 10.1 Å². The zero-order chi connectivity index (χ0) is 12.1. The van der Waals surface area contributed by atoms with Crippen molar-refractivity contribution >= 4 is 22.0 Å². The highest BCUT2D eigenvalue weighted by Crippen LogP contribution is 2.21. The lowest BCUT2D eigenvalue weighted by atomic mass is 10.2. The Morgan fingerprint density at radius 2 is 2.25 bits per heavy atom. The minimum atomic E-state index is -0.644. The molecule has 0 aliphatic heterocycles. The summed E-state index contributed by atoms with van der Waals surface area (Å²) in [6, 6.07) is 4.24. The van der Waals surface area contributed by atoms with E-state index in [9.17, 15) is 9.18 Å². The van der Waals surface area contributed by atoms with Crippen LogP contribution in [0.4, 0.5) is 9.18 Å². The first-order valence-corrected chi connectivity index (χ1v) is 5.69. The third-order valence-electron chi connectivity index (χ3n) is 1.75. The number of rotatable bonds is 3. The van der Waals surface area contributed by atoms with Gasteiger partial charge in [0.1, 0.15) is 0 Å². The van der Waals surface area contributed by atoms with Gasteiger partial charge in [0.05, 0.1) is 0 Å². The maximum Gasteiger partial charge on any atom is 0.412 e. The molecule has 0 fully saturated rings. The second-order valence-electron chi connectivity index (χ2n) is 3.74. The van der Waals surface area contributed by atoms with Crippen LogP contribution in [-0.4, -0.2) is 12.6 Å². The van der Waals surface area contributed by atoms with Crippen LogP contribution in [-0.2, 0) is 0 Å². The topological polar surface area (TPSA) is 38.3 Å². The lowest BCUT2D eigenvalue weighted by molar-refractivity contribution is 0.197. The van der Waals surface area contributed by atoms with Gasteiger partial charge in [0, 0.05) is 11.0 Å². The summed E-state index contributed by atoms with van der Waals surface area (Å²) >= 11 is 3.12. The third-order valence-corrected chi connectivity index (χ3v) is 2.24. The van der Waals surface area contributed by atoms with Crippen LogP contribution in [0.1, 0.15) is 13.8 Å². The van der Waals surface area contributed by atoms with Gasteiger partial charge >= 0.3 is 6.09 Å². The maximum absolute atomic E-state index is 13.3. The Kier molecular flexibility index (Phi) is 4.73. The number of nitrogens with one attached hydrogen (secondary N) is 1. The van der Waals surface area contributed by atoms with Crippen molar-refractivity contribution in [3.05, 3.63) is 28.5 Å². The van der Waals surface area contributed by atoms with E-state index >= 15 is 0 Å². The van der Waals surface area contributed by atoms with Crippen molar-refractivity contribution in [3.63, 3.8) is 0 Å². The molecule has 0 aliphatic carbocycles. The number of hydrogen-bond acceptors (Lipinski definition) is 2. The van der Waals surface area contributed by atoms with Crippen LogP contribution in [0.15, 0.2) is 22.7 Å². The predicted octanol–water partition coefficient (Wildman–Crippen LogP) is 3.33. The zero-order valence-corrected chi connectivity index (χ0v) is 10.7. The molecule has 0 heterocycles. The molecule has 16 heavy (non-hydrogen) atoms. The fourth-order valence-electron chi connectivity index (χ4n) is 0.981. The highest BCUT2D eigenvalue weighted by Gasteiger charge is 2.09. The molecule has 88 valence electrons. The Morgan fingerprint density at radius 3 is 2.81 bits per heavy atom. The Labute approximate surface area is 102 Å². The fraction of sp³-hybridized carbons (Fsp3) is 0.364. The number of carbonyl (C=O) groups excluding carboxylic acids is 1. The number of hydrogen-bond donors (Lipinski definition) is 1. The van der Waals surface area contributed by atoms with E-state index in [1.165, 1.54) is 12.1 Å². The van der Waals surface area contributed by atoms with E-state index in [-0.39, 0.29) is 5.75 Å². The number of benzene rings is 1. The van der Waals surface area contributed by atoms with Gasteiger partial charge in [-0.3, -0.25) is 0 Å². The van der Waals surface area contributed by atoms with Gasteiger partial charge < -0.3 is 10.1 Å². The lowest BCUT2D eigenvalue weighted by Crippen LogP contribution is -2.30. The van der Waals surface area contributed by atoms with E-state index in [1.54, 1.807) is 6.07 Å².